The smallest absolute Gasteiger partial charge is 0.0372 e. The molecule has 4 aliphatic carbocycles. The quantitative estimate of drug-likeness (QED) is 0.469. The van der Waals surface area contributed by atoms with Crippen LogP contribution in [0.2, 0.25) is 0 Å². The molecule has 7 unspecified atom stereocenters. The standard InChI is InChI=1S/C9H11Cl/c10-6-2-5-7-3-1-4(3)8(6)9(5)7/h3-9H,1-2H2. The molecule has 0 amide bonds. The third-order valence-electron chi connectivity index (χ3n) is 4.53. The Bertz CT molecular complexity index is 211. The summed E-state index contributed by atoms with van der Waals surface area (Å²) in [6.45, 7) is 0. The molecule has 4 rings (SSSR count). The molecule has 0 heterocycles. The second kappa shape index (κ2) is 1.18. The Morgan fingerprint density at radius 1 is 0.800 bits per heavy atom. The van der Waals surface area contributed by atoms with Crippen molar-refractivity contribution in [1.29, 1.82) is 0 Å². The number of halogens is 1. The topological polar surface area (TPSA) is 0 Å². The van der Waals surface area contributed by atoms with Crippen molar-refractivity contribution in [2.24, 2.45) is 35.5 Å². The molecule has 0 bridgehead atoms. The van der Waals surface area contributed by atoms with Gasteiger partial charge in [-0.1, -0.05) is 0 Å². The Morgan fingerprint density at radius 3 is 2.40 bits per heavy atom. The largest absolute Gasteiger partial charge is 0.123 e. The van der Waals surface area contributed by atoms with Gasteiger partial charge in [0.2, 0.25) is 0 Å². The van der Waals surface area contributed by atoms with E-state index in [0.717, 1.165) is 23.7 Å². The lowest BCUT2D eigenvalue weighted by atomic mass is 10.0. The van der Waals surface area contributed by atoms with Crippen LogP contribution in [0.3, 0.4) is 0 Å². The zero-order chi connectivity index (χ0) is 6.46. The van der Waals surface area contributed by atoms with E-state index in [4.69, 9.17) is 11.6 Å². The summed E-state index contributed by atoms with van der Waals surface area (Å²) in [6, 6.07) is 0. The molecule has 0 N–H and O–H groups in total. The fourth-order valence-corrected chi connectivity index (χ4v) is 4.78. The van der Waals surface area contributed by atoms with Crippen molar-refractivity contribution in [3.05, 3.63) is 0 Å². The summed E-state index contributed by atoms with van der Waals surface area (Å²) >= 11 is 6.25. The second-order valence-electron chi connectivity index (χ2n) is 4.71. The van der Waals surface area contributed by atoms with Gasteiger partial charge < -0.3 is 0 Å². The molecule has 10 heavy (non-hydrogen) atoms. The Morgan fingerprint density at radius 2 is 1.60 bits per heavy atom. The van der Waals surface area contributed by atoms with E-state index in [1.807, 2.05) is 0 Å². The SMILES string of the molecule is ClC1CC2C3C4CC4C1C23. The zero-order valence-corrected chi connectivity index (χ0v) is 6.59. The predicted octanol–water partition coefficient (Wildman–Crippen LogP) is 2.13. The van der Waals surface area contributed by atoms with Gasteiger partial charge in [0.25, 0.3) is 0 Å². The highest BCUT2D eigenvalue weighted by Gasteiger charge is 2.77. The molecular formula is C9H11Cl. The second-order valence-corrected chi connectivity index (χ2v) is 5.27. The highest BCUT2D eigenvalue weighted by atomic mass is 35.5. The number of rotatable bonds is 0. The summed E-state index contributed by atoms with van der Waals surface area (Å²) in [5, 5.41) is 0.587. The van der Waals surface area contributed by atoms with Crippen LogP contribution in [0, 0.1) is 35.5 Å². The van der Waals surface area contributed by atoms with Gasteiger partial charge in [-0.25, -0.2) is 0 Å². The Balaban J connectivity index is 1.85. The van der Waals surface area contributed by atoms with Crippen molar-refractivity contribution in [2.45, 2.75) is 18.2 Å². The van der Waals surface area contributed by atoms with Crippen molar-refractivity contribution >= 4 is 11.6 Å². The highest BCUT2D eigenvalue weighted by molar-refractivity contribution is 6.21. The van der Waals surface area contributed by atoms with Crippen LogP contribution in [0.25, 0.3) is 0 Å². The number of fused-ring (bicyclic) bond motifs is 4. The van der Waals surface area contributed by atoms with E-state index < -0.39 is 0 Å². The van der Waals surface area contributed by atoms with Gasteiger partial charge in [-0.2, -0.15) is 0 Å². The first kappa shape index (κ1) is 5.03. The first-order valence-corrected chi connectivity index (χ1v) is 4.95. The van der Waals surface area contributed by atoms with Crippen LogP contribution in [-0.4, -0.2) is 5.38 Å². The Hall–Kier alpha value is 0.290. The lowest BCUT2D eigenvalue weighted by Crippen LogP contribution is -2.11. The molecule has 0 saturated heterocycles. The molecule has 0 aromatic rings. The maximum absolute atomic E-state index is 6.25. The molecule has 1 heteroatoms. The van der Waals surface area contributed by atoms with Gasteiger partial charge >= 0.3 is 0 Å². The third kappa shape index (κ3) is 0.335. The average Bonchev–Trinajstić information content (AvgIpc) is 2.72. The van der Waals surface area contributed by atoms with Gasteiger partial charge in [0.05, 0.1) is 0 Å². The van der Waals surface area contributed by atoms with Gasteiger partial charge in [0.1, 0.15) is 0 Å². The maximum atomic E-state index is 6.25. The molecule has 4 aliphatic rings. The molecule has 4 fully saturated rings. The van der Waals surface area contributed by atoms with Gasteiger partial charge in [0, 0.05) is 5.38 Å². The van der Waals surface area contributed by atoms with Gasteiger partial charge in [-0.05, 0) is 48.3 Å². The predicted molar refractivity (Wildman–Crippen MR) is 39.8 cm³/mol. The Labute approximate surface area is 65.9 Å². The monoisotopic (exact) mass is 154 g/mol. The fraction of sp³-hybridized carbons (Fsp3) is 1.00. The third-order valence-corrected chi connectivity index (χ3v) is 5.00. The minimum absolute atomic E-state index is 0.587. The van der Waals surface area contributed by atoms with Crippen LogP contribution in [0.4, 0.5) is 0 Å². The van der Waals surface area contributed by atoms with E-state index in [2.05, 4.69) is 0 Å². The summed E-state index contributed by atoms with van der Waals surface area (Å²) in [7, 11) is 0. The van der Waals surface area contributed by atoms with E-state index in [1.165, 1.54) is 18.3 Å². The van der Waals surface area contributed by atoms with Crippen LogP contribution in [0.15, 0.2) is 0 Å². The van der Waals surface area contributed by atoms with Crippen molar-refractivity contribution in [3.63, 3.8) is 0 Å². The van der Waals surface area contributed by atoms with Crippen LogP contribution in [0.5, 0.6) is 0 Å². The first-order valence-electron chi connectivity index (χ1n) is 4.52. The summed E-state index contributed by atoms with van der Waals surface area (Å²) in [6.07, 6.45) is 2.92. The van der Waals surface area contributed by atoms with Crippen molar-refractivity contribution in [2.75, 3.05) is 0 Å². The van der Waals surface area contributed by atoms with Crippen LogP contribution in [-0.2, 0) is 0 Å². The zero-order valence-electron chi connectivity index (χ0n) is 5.83. The molecule has 7 atom stereocenters. The number of hydrogen-bond donors (Lipinski definition) is 0. The van der Waals surface area contributed by atoms with Crippen LogP contribution >= 0.6 is 11.6 Å². The van der Waals surface area contributed by atoms with Gasteiger partial charge in [0.15, 0.2) is 0 Å². The van der Waals surface area contributed by atoms with Gasteiger partial charge in [-0.3, -0.25) is 0 Å². The van der Waals surface area contributed by atoms with Crippen molar-refractivity contribution < 1.29 is 0 Å². The minimum Gasteiger partial charge on any atom is -0.123 e. The molecule has 0 aromatic heterocycles. The van der Waals surface area contributed by atoms with E-state index in [1.54, 1.807) is 6.42 Å². The minimum atomic E-state index is 0.587. The van der Waals surface area contributed by atoms with E-state index in [0.29, 0.717) is 5.38 Å². The highest BCUT2D eigenvalue weighted by Crippen LogP contribution is 2.81. The Kier molecular flexibility index (Phi) is 0.592. The number of hydrogen-bond acceptors (Lipinski definition) is 0. The summed E-state index contributed by atoms with van der Waals surface area (Å²) in [5.41, 5.74) is 0. The number of alkyl halides is 1. The van der Waals surface area contributed by atoms with Crippen molar-refractivity contribution in [1.82, 2.24) is 0 Å². The molecule has 0 nitrogen and oxygen atoms in total. The lowest BCUT2D eigenvalue weighted by molar-refractivity contribution is 0.457. The molecule has 54 valence electrons. The van der Waals surface area contributed by atoms with Gasteiger partial charge in [-0.15, -0.1) is 11.6 Å². The normalized spacial score (nSPS) is 80.7. The molecular weight excluding hydrogens is 144 g/mol. The molecule has 0 aromatic carbocycles. The molecule has 0 aliphatic heterocycles. The molecule has 4 saturated carbocycles. The van der Waals surface area contributed by atoms with Crippen LogP contribution < -0.4 is 0 Å². The van der Waals surface area contributed by atoms with E-state index in [9.17, 15) is 0 Å². The van der Waals surface area contributed by atoms with Crippen molar-refractivity contribution in [3.8, 4) is 0 Å². The maximum Gasteiger partial charge on any atom is 0.0372 e. The summed E-state index contributed by atoms with van der Waals surface area (Å²) < 4.78 is 0. The lowest BCUT2D eigenvalue weighted by Gasteiger charge is -2.12. The average molecular weight is 155 g/mol. The molecule has 0 spiro atoms. The van der Waals surface area contributed by atoms with E-state index >= 15 is 0 Å². The summed E-state index contributed by atoms with van der Waals surface area (Å²) in [5.74, 6) is 6.69. The van der Waals surface area contributed by atoms with Crippen LogP contribution in [0.1, 0.15) is 12.8 Å². The first-order chi connectivity index (χ1) is 4.88. The van der Waals surface area contributed by atoms with E-state index in [-0.39, 0.29) is 0 Å². The fourth-order valence-electron chi connectivity index (χ4n) is 4.22. The molecule has 0 radical (unpaired) electrons. The summed E-state index contributed by atoms with van der Waals surface area (Å²) in [4.78, 5) is 0.